The number of amides is 1. The van der Waals surface area contributed by atoms with Gasteiger partial charge in [0.2, 0.25) is 5.91 Å². The van der Waals surface area contributed by atoms with Crippen LogP contribution in [-0.4, -0.2) is 28.0 Å². The summed E-state index contributed by atoms with van der Waals surface area (Å²) in [6.07, 6.45) is 2.20. The van der Waals surface area contributed by atoms with Gasteiger partial charge in [-0.2, -0.15) is 0 Å². The summed E-state index contributed by atoms with van der Waals surface area (Å²) in [4.78, 5) is 25.8. The van der Waals surface area contributed by atoms with Gasteiger partial charge in [0, 0.05) is 22.1 Å². The Balaban J connectivity index is 2.14. The first kappa shape index (κ1) is 14.4. The topological polar surface area (TPSA) is 82.2 Å². The number of benzene rings is 1. The van der Waals surface area contributed by atoms with Crippen LogP contribution < -0.4 is 5.32 Å². The smallest absolute Gasteiger partial charge is 0.326 e. The third-order valence-corrected chi connectivity index (χ3v) is 3.36. The second-order valence-electron chi connectivity index (χ2n) is 4.55. The third-order valence-electron chi connectivity index (χ3n) is 3.12. The minimum atomic E-state index is -1.03. The summed E-state index contributed by atoms with van der Waals surface area (Å²) in [6, 6.07) is 4.54. The van der Waals surface area contributed by atoms with Crippen molar-refractivity contribution in [2.75, 3.05) is 0 Å². The number of carboxylic acids is 1. The molecule has 0 spiro atoms. The molecule has 1 heterocycles. The zero-order chi connectivity index (χ0) is 14.7. The monoisotopic (exact) mass is 294 g/mol. The normalized spacial score (nSPS) is 12.3. The third kappa shape index (κ3) is 3.11. The molecule has 20 heavy (non-hydrogen) atoms. The predicted molar refractivity (Wildman–Crippen MR) is 76.9 cm³/mol. The van der Waals surface area contributed by atoms with Crippen LogP contribution in [0.25, 0.3) is 10.9 Å². The molecule has 0 aliphatic carbocycles. The Kier molecular flexibility index (Phi) is 4.29. The average molecular weight is 295 g/mol. The molecule has 3 N–H and O–H groups in total. The summed E-state index contributed by atoms with van der Waals surface area (Å²) in [5, 5.41) is 12.9. The Labute approximate surface area is 120 Å². The molecule has 5 nitrogen and oxygen atoms in total. The lowest BCUT2D eigenvalue weighted by atomic mass is 10.1. The quantitative estimate of drug-likeness (QED) is 0.791. The Morgan fingerprint density at radius 3 is 2.85 bits per heavy atom. The van der Waals surface area contributed by atoms with Crippen molar-refractivity contribution in [3.8, 4) is 0 Å². The van der Waals surface area contributed by atoms with E-state index in [1.54, 1.807) is 25.3 Å². The van der Waals surface area contributed by atoms with Crippen molar-refractivity contribution in [2.24, 2.45) is 0 Å². The first-order valence-corrected chi connectivity index (χ1v) is 6.66. The number of H-pyrrole nitrogens is 1. The van der Waals surface area contributed by atoms with Gasteiger partial charge >= 0.3 is 5.97 Å². The van der Waals surface area contributed by atoms with Gasteiger partial charge in [0.05, 0.1) is 6.42 Å². The second-order valence-corrected chi connectivity index (χ2v) is 4.98. The van der Waals surface area contributed by atoms with Crippen molar-refractivity contribution >= 4 is 34.4 Å². The number of carbonyl (C=O) groups excluding carboxylic acids is 1. The van der Waals surface area contributed by atoms with Crippen LogP contribution in [0.15, 0.2) is 24.4 Å². The molecule has 0 saturated carbocycles. The Hall–Kier alpha value is -2.01. The van der Waals surface area contributed by atoms with Crippen LogP contribution >= 0.6 is 11.6 Å². The van der Waals surface area contributed by atoms with E-state index in [2.05, 4.69) is 10.3 Å². The molecule has 0 aliphatic heterocycles. The highest BCUT2D eigenvalue weighted by molar-refractivity contribution is 6.31. The summed E-state index contributed by atoms with van der Waals surface area (Å²) < 4.78 is 0. The zero-order valence-electron chi connectivity index (χ0n) is 10.9. The summed E-state index contributed by atoms with van der Waals surface area (Å²) in [5.41, 5.74) is 1.68. The molecule has 1 unspecified atom stereocenters. The van der Waals surface area contributed by atoms with Gasteiger partial charge in [0.25, 0.3) is 0 Å². The van der Waals surface area contributed by atoms with Crippen LogP contribution in [0.5, 0.6) is 0 Å². The van der Waals surface area contributed by atoms with Crippen molar-refractivity contribution in [1.29, 1.82) is 0 Å². The fraction of sp³-hybridized carbons (Fsp3) is 0.286. The largest absolute Gasteiger partial charge is 0.480 e. The number of carbonyl (C=O) groups is 2. The standard InChI is InChI=1S/C14H15ClN2O3/c1-2-11(14(19)20)17-13(18)5-8-7-16-12-4-3-9(15)6-10(8)12/h3-4,6-7,11,16H,2,5H2,1H3,(H,17,18)(H,19,20). The highest BCUT2D eigenvalue weighted by atomic mass is 35.5. The van der Waals surface area contributed by atoms with E-state index in [-0.39, 0.29) is 12.3 Å². The van der Waals surface area contributed by atoms with Crippen molar-refractivity contribution in [3.05, 3.63) is 35.0 Å². The summed E-state index contributed by atoms with van der Waals surface area (Å²) in [5.74, 6) is -1.34. The molecule has 0 saturated heterocycles. The number of fused-ring (bicyclic) bond motifs is 1. The Morgan fingerprint density at radius 1 is 1.45 bits per heavy atom. The summed E-state index contributed by atoms with van der Waals surface area (Å²) >= 11 is 5.94. The number of rotatable bonds is 5. The van der Waals surface area contributed by atoms with Gasteiger partial charge < -0.3 is 15.4 Å². The number of hydrogen-bond donors (Lipinski definition) is 3. The van der Waals surface area contributed by atoms with Gasteiger partial charge in [-0.25, -0.2) is 4.79 Å². The number of carboxylic acid groups (broad SMARTS) is 1. The van der Waals surface area contributed by atoms with Gasteiger partial charge in [-0.1, -0.05) is 18.5 Å². The maximum atomic E-state index is 11.9. The molecule has 0 radical (unpaired) electrons. The highest BCUT2D eigenvalue weighted by Gasteiger charge is 2.18. The van der Waals surface area contributed by atoms with Crippen molar-refractivity contribution in [2.45, 2.75) is 25.8 Å². The van der Waals surface area contributed by atoms with Gasteiger partial charge in [-0.05, 0) is 30.2 Å². The van der Waals surface area contributed by atoms with E-state index in [4.69, 9.17) is 16.7 Å². The van der Waals surface area contributed by atoms with E-state index in [0.717, 1.165) is 16.5 Å². The molecule has 106 valence electrons. The van der Waals surface area contributed by atoms with Gasteiger partial charge in [0.15, 0.2) is 0 Å². The number of nitrogens with one attached hydrogen (secondary N) is 2. The van der Waals surface area contributed by atoms with E-state index in [0.29, 0.717) is 11.4 Å². The number of aliphatic carboxylic acids is 1. The molecule has 1 amide bonds. The molecule has 0 bridgehead atoms. The predicted octanol–water partition coefficient (Wildman–Crippen LogP) is 2.34. The molecule has 6 heteroatoms. The minimum absolute atomic E-state index is 0.115. The molecule has 0 aliphatic rings. The lowest BCUT2D eigenvalue weighted by molar-refractivity contribution is -0.141. The van der Waals surface area contributed by atoms with Gasteiger partial charge in [-0.3, -0.25) is 4.79 Å². The van der Waals surface area contributed by atoms with Crippen LogP contribution in [0.4, 0.5) is 0 Å². The van der Waals surface area contributed by atoms with Crippen molar-refractivity contribution in [1.82, 2.24) is 10.3 Å². The molecule has 2 aromatic rings. The summed E-state index contributed by atoms with van der Waals surface area (Å²) in [7, 11) is 0. The average Bonchev–Trinajstić information content (AvgIpc) is 2.78. The first-order valence-electron chi connectivity index (χ1n) is 6.29. The second kappa shape index (κ2) is 5.96. The number of aromatic amines is 1. The van der Waals surface area contributed by atoms with E-state index in [1.807, 2.05) is 6.07 Å². The van der Waals surface area contributed by atoms with Gasteiger partial charge in [0.1, 0.15) is 6.04 Å². The number of halogens is 1. The maximum absolute atomic E-state index is 11.9. The molecular formula is C14H15ClN2O3. The maximum Gasteiger partial charge on any atom is 0.326 e. The fourth-order valence-electron chi connectivity index (χ4n) is 2.05. The van der Waals surface area contributed by atoms with Crippen molar-refractivity contribution < 1.29 is 14.7 Å². The molecule has 2 rings (SSSR count). The van der Waals surface area contributed by atoms with E-state index in [9.17, 15) is 9.59 Å². The molecule has 1 aromatic carbocycles. The Bertz CT molecular complexity index is 651. The molecule has 1 aromatic heterocycles. The summed E-state index contributed by atoms with van der Waals surface area (Å²) in [6.45, 7) is 1.71. The van der Waals surface area contributed by atoms with E-state index >= 15 is 0 Å². The number of hydrogen-bond acceptors (Lipinski definition) is 2. The SMILES string of the molecule is CCC(NC(=O)Cc1c[nH]c2ccc(Cl)cc12)C(=O)O. The van der Waals surface area contributed by atoms with Crippen LogP contribution in [-0.2, 0) is 16.0 Å². The van der Waals surface area contributed by atoms with Crippen LogP contribution in [0.2, 0.25) is 5.02 Å². The lowest BCUT2D eigenvalue weighted by Crippen LogP contribution is -2.40. The van der Waals surface area contributed by atoms with E-state index < -0.39 is 12.0 Å². The minimum Gasteiger partial charge on any atom is -0.480 e. The highest BCUT2D eigenvalue weighted by Crippen LogP contribution is 2.22. The number of aromatic nitrogens is 1. The zero-order valence-corrected chi connectivity index (χ0v) is 11.7. The van der Waals surface area contributed by atoms with Crippen LogP contribution in [0.1, 0.15) is 18.9 Å². The lowest BCUT2D eigenvalue weighted by Gasteiger charge is -2.11. The van der Waals surface area contributed by atoms with Crippen LogP contribution in [0, 0.1) is 0 Å². The molecule has 1 atom stereocenters. The molecular weight excluding hydrogens is 280 g/mol. The van der Waals surface area contributed by atoms with Crippen LogP contribution in [0.3, 0.4) is 0 Å². The van der Waals surface area contributed by atoms with Gasteiger partial charge in [-0.15, -0.1) is 0 Å². The van der Waals surface area contributed by atoms with E-state index in [1.165, 1.54) is 0 Å². The molecule has 0 fully saturated rings. The Morgan fingerprint density at radius 2 is 2.20 bits per heavy atom. The first-order chi connectivity index (χ1) is 9.51. The fourth-order valence-corrected chi connectivity index (χ4v) is 2.23. The van der Waals surface area contributed by atoms with Crippen molar-refractivity contribution in [3.63, 3.8) is 0 Å².